The molecule has 0 heterocycles. The number of nitrogens with zero attached hydrogens (tertiary/aromatic N) is 1. The highest BCUT2D eigenvalue weighted by molar-refractivity contribution is 7.92. The molecule has 1 aliphatic carbocycles. The molecule has 1 amide bonds. The van der Waals surface area contributed by atoms with E-state index in [1.807, 2.05) is 56.3 Å². The lowest BCUT2D eigenvalue weighted by atomic mass is 9.87. The summed E-state index contributed by atoms with van der Waals surface area (Å²) in [5.41, 5.74) is 6.47. The normalized spacial score (nSPS) is 15.5. The smallest absolute Gasteiger partial charge is 0.251 e. The molecule has 1 atom stereocenters. The van der Waals surface area contributed by atoms with E-state index in [1.54, 1.807) is 12.1 Å². The molecule has 0 bridgehead atoms. The van der Waals surface area contributed by atoms with E-state index in [-0.39, 0.29) is 18.5 Å². The number of carbonyl (C=O) groups is 1. The van der Waals surface area contributed by atoms with Crippen LogP contribution in [-0.2, 0) is 23.0 Å². The molecule has 4 rings (SSSR count). The lowest BCUT2D eigenvalue weighted by molar-refractivity contribution is 0.0932. The molecule has 0 fully saturated rings. The van der Waals surface area contributed by atoms with E-state index in [0.29, 0.717) is 11.3 Å². The van der Waals surface area contributed by atoms with Crippen LogP contribution in [0.1, 0.15) is 57.1 Å². The van der Waals surface area contributed by atoms with Gasteiger partial charge in [-0.05, 0) is 79.1 Å². The van der Waals surface area contributed by atoms with Crippen molar-refractivity contribution in [1.29, 1.82) is 0 Å². The van der Waals surface area contributed by atoms with E-state index in [4.69, 9.17) is 0 Å². The Morgan fingerprint density at radius 3 is 2.48 bits per heavy atom. The molecule has 0 unspecified atom stereocenters. The van der Waals surface area contributed by atoms with Crippen molar-refractivity contribution in [2.75, 3.05) is 10.6 Å². The van der Waals surface area contributed by atoms with Crippen LogP contribution >= 0.6 is 0 Å². The standard InChI is InChI=1S/C27H30N2O3S/c1-19-11-12-20(2)26(17-19)29(33(3,31)32)18-21-13-15-23(16-14-21)27(30)28-25-10-6-8-22-7-4-5-9-24(22)25/h4-5,7,9,11-17,25H,6,8,10,18H2,1-3H3,(H,28,30)/t25-/m0/s1. The number of carbonyl (C=O) groups excluding carboxylic acids is 1. The predicted molar refractivity (Wildman–Crippen MR) is 133 cm³/mol. The van der Waals surface area contributed by atoms with Crippen LogP contribution in [0, 0.1) is 13.8 Å². The largest absolute Gasteiger partial charge is 0.345 e. The minimum absolute atomic E-state index is 0.0205. The highest BCUT2D eigenvalue weighted by Gasteiger charge is 2.23. The van der Waals surface area contributed by atoms with Crippen LogP contribution in [0.25, 0.3) is 0 Å². The maximum atomic E-state index is 12.9. The van der Waals surface area contributed by atoms with Gasteiger partial charge >= 0.3 is 0 Å². The first-order valence-corrected chi connectivity index (χ1v) is 13.1. The highest BCUT2D eigenvalue weighted by Crippen LogP contribution is 2.30. The Kier molecular flexibility index (Phi) is 6.56. The number of nitrogens with one attached hydrogen (secondary N) is 1. The Hall–Kier alpha value is -3.12. The van der Waals surface area contributed by atoms with Gasteiger partial charge < -0.3 is 5.32 Å². The molecule has 0 saturated heterocycles. The summed E-state index contributed by atoms with van der Waals surface area (Å²) in [6, 6.07) is 21.3. The maximum Gasteiger partial charge on any atom is 0.251 e. The first-order valence-electron chi connectivity index (χ1n) is 11.2. The van der Waals surface area contributed by atoms with E-state index in [0.717, 1.165) is 36.0 Å². The second-order valence-electron chi connectivity index (χ2n) is 8.87. The quantitative estimate of drug-likeness (QED) is 0.556. The minimum Gasteiger partial charge on any atom is -0.345 e. The Balaban J connectivity index is 1.51. The Labute approximate surface area is 196 Å². The summed E-state index contributed by atoms with van der Waals surface area (Å²) < 4.78 is 26.5. The Morgan fingerprint density at radius 1 is 1.03 bits per heavy atom. The third-order valence-electron chi connectivity index (χ3n) is 6.25. The first-order chi connectivity index (χ1) is 15.7. The highest BCUT2D eigenvalue weighted by atomic mass is 32.2. The second kappa shape index (κ2) is 9.40. The predicted octanol–water partition coefficient (Wildman–Crippen LogP) is 5.08. The molecule has 172 valence electrons. The van der Waals surface area contributed by atoms with Crippen LogP contribution in [0.5, 0.6) is 0 Å². The van der Waals surface area contributed by atoms with Crippen LogP contribution in [0.3, 0.4) is 0 Å². The molecule has 6 heteroatoms. The van der Waals surface area contributed by atoms with E-state index < -0.39 is 10.0 Å². The summed E-state index contributed by atoms with van der Waals surface area (Å²) >= 11 is 0. The molecule has 0 spiro atoms. The average molecular weight is 463 g/mol. The van der Waals surface area contributed by atoms with Crippen molar-refractivity contribution in [2.45, 2.75) is 45.7 Å². The number of aryl methyl sites for hydroxylation is 3. The summed E-state index contributed by atoms with van der Waals surface area (Å²) in [6.45, 7) is 4.06. The van der Waals surface area contributed by atoms with Crippen molar-refractivity contribution >= 4 is 21.6 Å². The lowest BCUT2D eigenvalue weighted by Crippen LogP contribution is -2.31. The van der Waals surface area contributed by atoms with Gasteiger partial charge in [-0.3, -0.25) is 9.10 Å². The van der Waals surface area contributed by atoms with Crippen molar-refractivity contribution < 1.29 is 13.2 Å². The number of hydrogen-bond acceptors (Lipinski definition) is 3. The maximum absolute atomic E-state index is 12.9. The lowest BCUT2D eigenvalue weighted by Gasteiger charge is -2.26. The summed E-state index contributed by atoms with van der Waals surface area (Å²) in [7, 11) is -3.48. The van der Waals surface area contributed by atoms with Gasteiger partial charge in [-0.15, -0.1) is 0 Å². The summed E-state index contributed by atoms with van der Waals surface area (Å²) in [5, 5.41) is 3.17. The molecule has 0 radical (unpaired) electrons. The number of rotatable bonds is 6. The number of hydrogen-bond donors (Lipinski definition) is 1. The molecule has 5 nitrogen and oxygen atoms in total. The van der Waals surface area contributed by atoms with Crippen molar-refractivity contribution in [3.05, 3.63) is 100 Å². The summed E-state index contributed by atoms with van der Waals surface area (Å²) in [6.07, 6.45) is 4.26. The third kappa shape index (κ3) is 5.28. The van der Waals surface area contributed by atoms with Crippen LogP contribution in [0.15, 0.2) is 66.7 Å². The van der Waals surface area contributed by atoms with Gasteiger partial charge in [0.2, 0.25) is 10.0 Å². The average Bonchev–Trinajstić information content (AvgIpc) is 2.79. The number of sulfonamides is 1. The third-order valence-corrected chi connectivity index (χ3v) is 7.38. The van der Waals surface area contributed by atoms with Gasteiger partial charge in [-0.25, -0.2) is 8.42 Å². The number of amides is 1. The molecule has 0 aromatic heterocycles. The first kappa shape index (κ1) is 23.1. The van der Waals surface area contributed by atoms with Crippen LogP contribution in [0.4, 0.5) is 5.69 Å². The van der Waals surface area contributed by atoms with Crippen LogP contribution in [0.2, 0.25) is 0 Å². The fraction of sp³-hybridized carbons (Fsp3) is 0.296. The molecule has 1 aliphatic rings. The van der Waals surface area contributed by atoms with Crippen molar-refractivity contribution in [1.82, 2.24) is 5.32 Å². The molecule has 1 N–H and O–H groups in total. The van der Waals surface area contributed by atoms with Gasteiger partial charge in [0.05, 0.1) is 24.5 Å². The molecule has 0 aliphatic heterocycles. The Bertz CT molecular complexity index is 1270. The van der Waals surface area contributed by atoms with Gasteiger partial charge in [0.1, 0.15) is 0 Å². The van der Waals surface area contributed by atoms with E-state index in [1.165, 1.54) is 21.7 Å². The van der Waals surface area contributed by atoms with Crippen molar-refractivity contribution in [3.63, 3.8) is 0 Å². The van der Waals surface area contributed by atoms with Gasteiger partial charge in [0, 0.05) is 5.56 Å². The van der Waals surface area contributed by atoms with Gasteiger partial charge in [-0.2, -0.15) is 0 Å². The zero-order valence-corrected chi connectivity index (χ0v) is 20.2. The minimum atomic E-state index is -3.48. The molecule has 0 saturated carbocycles. The topological polar surface area (TPSA) is 66.5 Å². The van der Waals surface area contributed by atoms with Gasteiger partial charge in [0.25, 0.3) is 5.91 Å². The molecule has 3 aromatic carbocycles. The van der Waals surface area contributed by atoms with Crippen LogP contribution < -0.4 is 9.62 Å². The zero-order chi connectivity index (χ0) is 23.6. The Morgan fingerprint density at radius 2 is 1.76 bits per heavy atom. The van der Waals surface area contributed by atoms with E-state index in [9.17, 15) is 13.2 Å². The number of benzene rings is 3. The van der Waals surface area contributed by atoms with Gasteiger partial charge in [-0.1, -0.05) is 48.5 Å². The van der Waals surface area contributed by atoms with Crippen molar-refractivity contribution in [2.24, 2.45) is 0 Å². The SMILES string of the molecule is Cc1ccc(C)c(N(Cc2ccc(C(=O)N[C@H]3CCCc4ccccc43)cc2)S(C)(=O)=O)c1. The molecular weight excluding hydrogens is 432 g/mol. The molecule has 3 aromatic rings. The van der Waals surface area contributed by atoms with Gasteiger partial charge in [0.15, 0.2) is 0 Å². The van der Waals surface area contributed by atoms with E-state index in [2.05, 4.69) is 17.4 Å². The summed E-state index contributed by atoms with van der Waals surface area (Å²) in [4.78, 5) is 12.9. The monoisotopic (exact) mass is 462 g/mol. The molecular formula is C27H30N2O3S. The second-order valence-corrected chi connectivity index (χ2v) is 10.8. The fourth-order valence-corrected chi connectivity index (χ4v) is 5.38. The van der Waals surface area contributed by atoms with E-state index >= 15 is 0 Å². The van der Waals surface area contributed by atoms with Crippen LogP contribution in [-0.4, -0.2) is 20.6 Å². The fourth-order valence-electron chi connectivity index (χ4n) is 4.44. The zero-order valence-electron chi connectivity index (χ0n) is 19.3. The molecule has 33 heavy (non-hydrogen) atoms. The summed E-state index contributed by atoms with van der Waals surface area (Å²) in [5.74, 6) is -0.113. The van der Waals surface area contributed by atoms with Crippen molar-refractivity contribution in [3.8, 4) is 0 Å². The number of anilines is 1. The number of fused-ring (bicyclic) bond motifs is 1.